The molecule has 0 atom stereocenters. The SMILES string of the molecule is COc1ccc(OCc2ncc(C(=O)O)c(N3CCCCC3)n2)cc1. The minimum Gasteiger partial charge on any atom is -0.497 e. The van der Waals surface area contributed by atoms with Gasteiger partial charge in [-0.15, -0.1) is 0 Å². The Morgan fingerprint density at radius 3 is 2.48 bits per heavy atom. The fourth-order valence-electron chi connectivity index (χ4n) is 2.80. The average Bonchev–Trinajstić information content (AvgIpc) is 2.67. The summed E-state index contributed by atoms with van der Waals surface area (Å²) in [5.74, 6) is 1.35. The summed E-state index contributed by atoms with van der Waals surface area (Å²) in [6.07, 6.45) is 4.62. The minimum atomic E-state index is -1.01. The molecule has 1 aliphatic rings. The number of carboxylic acid groups (broad SMARTS) is 1. The van der Waals surface area contributed by atoms with Crippen molar-refractivity contribution in [3.05, 3.63) is 41.9 Å². The molecule has 7 nitrogen and oxygen atoms in total. The van der Waals surface area contributed by atoms with Gasteiger partial charge in [0, 0.05) is 19.3 Å². The van der Waals surface area contributed by atoms with Crippen molar-refractivity contribution in [2.24, 2.45) is 0 Å². The van der Waals surface area contributed by atoms with Crippen LogP contribution in [0.1, 0.15) is 35.4 Å². The van der Waals surface area contributed by atoms with Gasteiger partial charge in [0.2, 0.25) is 0 Å². The van der Waals surface area contributed by atoms with Crippen LogP contribution >= 0.6 is 0 Å². The molecule has 25 heavy (non-hydrogen) atoms. The van der Waals surface area contributed by atoms with E-state index in [0.29, 0.717) is 17.4 Å². The Morgan fingerprint density at radius 1 is 1.16 bits per heavy atom. The number of rotatable bonds is 6. The highest BCUT2D eigenvalue weighted by atomic mass is 16.5. The second-order valence-electron chi connectivity index (χ2n) is 5.84. The van der Waals surface area contributed by atoms with Gasteiger partial charge in [0.15, 0.2) is 5.82 Å². The van der Waals surface area contributed by atoms with Crippen molar-refractivity contribution >= 4 is 11.8 Å². The number of aromatic carboxylic acids is 1. The number of methoxy groups -OCH3 is 1. The van der Waals surface area contributed by atoms with E-state index in [2.05, 4.69) is 9.97 Å². The third-order valence-electron chi connectivity index (χ3n) is 4.13. The molecule has 2 heterocycles. The van der Waals surface area contributed by atoms with Gasteiger partial charge in [-0.1, -0.05) is 0 Å². The molecule has 2 aromatic rings. The van der Waals surface area contributed by atoms with Crippen LogP contribution in [-0.2, 0) is 6.61 Å². The molecule has 1 N–H and O–H groups in total. The first kappa shape index (κ1) is 17.0. The maximum atomic E-state index is 11.5. The number of aromatic nitrogens is 2. The van der Waals surface area contributed by atoms with Gasteiger partial charge in [-0.05, 0) is 43.5 Å². The van der Waals surface area contributed by atoms with E-state index in [9.17, 15) is 9.90 Å². The van der Waals surface area contributed by atoms with Crippen LogP contribution in [0.2, 0.25) is 0 Å². The summed E-state index contributed by atoms with van der Waals surface area (Å²) in [5, 5.41) is 9.39. The average molecular weight is 343 g/mol. The lowest BCUT2D eigenvalue weighted by Crippen LogP contribution is -2.32. The lowest BCUT2D eigenvalue weighted by atomic mass is 10.1. The first-order chi connectivity index (χ1) is 12.2. The fraction of sp³-hybridized carbons (Fsp3) is 0.389. The van der Waals surface area contributed by atoms with Crippen LogP contribution in [-0.4, -0.2) is 41.2 Å². The van der Waals surface area contributed by atoms with Gasteiger partial charge < -0.3 is 19.5 Å². The van der Waals surface area contributed by atoms with Gasteiger partial charge in [-0.2, -0.15) is 0 Å². The Bertz CT molecular complexity index is 728. The second kappa shape index (κ2) is 7.83. The number of carbonyl (C=O) groups is 1. The van der Waals surface area contributed by atoms with Gasteiger partial charge in [-0.3, -0.25) is 0 Å². The van der Waals surface area contributed by atoms with Crippen molar-refractivity contribution < 1.29 is 19.4 Å². The van der Waals surface area contributed by atoms with Crippen LogP contribution in [0.3, 0.4) is 0 Å². The topological polar surface area (TPSA) is 84.8 Å². The van der Waals surface area contributed by atoms with E-state index in [-0.39, 0.29) is 12.2 Å². The molecule has 0 spiro atoms. The molecular formula is C18H21N3O4. The molecule has 1 aliphatic heterocycles. The van der Waals surface area contributed by atoms with Crippen molar-refractivity contribution in [3.8, 4) is 11.5 Å². The van der Waals surface area contributed by atoms with Gasteiger partial charge >= 0.3 is 5.97 Å². The summed E-state index contributed by atoms with van der Waals surface area (Å²) in [6, 6.07) is 7.22. The molecule has 0 aliphatic carbocycles. The first-order valence-electron chi connectivity index (χ1n) is 8.28. The molecule has 1 fully saturated rings. The third kappa shape index (κ3) is 4.17. The molecule has 1 aromatic heterocycles. The zero-order valence-corrected chi connectivity index (χ0v) is 14.1. The maximum Gasteiger partial charge on any atom is 0.341 e. The Labute approximate surface area is 146 Å². The highest BCUT2D eigenvalue weighted by molar-refractivity contribution is 5.92. The van der Waals surface area contributed by atoms with Gasteiger partial charge in [-0.25, -0.2) is 14.8 Å². The van der Waals surface area contributed by atoms with Gasteiger partial charge in [0.25, 0.3) is 0 Å². The van der Waals surface area contributed by atoms with Crippen LogP contribution in [0, 0.1) is 0 Å². The molecule has 0 radical (unpaired) electrons. The molecule has 1 saturated heterocycles. The first-order valence-corrected chi connectivity index (χ1v) is 8.28. The second-order valence-corrected chi connectivity index (χ2v) is 5.84. The molecule has 3 rings (SSSR count). The van der Waals surface area contributed by atoms with E-state index < -0.39 is 5.97 Å². The molecular weight excluding hydrogens is 322 g/mol. The molecule has 0 saturated carbocycles. The summed E-state index contributed by atoms with van der Waals surface area (Å²) in [6.45, 7) is 1.80. The van der Waals surface area contributed by atoms with E-state index in [1.165, 1.54) is 6.20 Å². The third-order valence-corrected chi connectivity index (χ3v) is 4.13. The van der Waals surface area contributed by atoms with Crippen LogP contribution in [0.25, 0.3) is 0 Å². The molecule has 132 valence electrons. The lowest BCUT2D eigenvalue weighted by Gasteiger charge is -2.28. The van der Waals surface area contributed by atoms with E-state index in [1.807, 2.05) is 17.0 Å². The molecule has 1 aromatic carbocycles. The normalized spacial score (nSPS) is 14.2. The van der Waals surface area contributed by atoms with E-state index in [0.717, 1.165) is 38.1 Å². The monoisotopic (exact) mass is 343 g/mol. The number of benzene rings is 1. The quantitative estimate of drug-likeness (QED) is 0.863. The van der Waals surface area contributed by atoms with Crippen LogP contribution < -0.4 is 14.4 Å². The summed E-state index contributed by atoms with van der Waals surface area (Å²) in [5.41, 5.74) is 0.134. The number of nitrogens with zero attached hydrogens (tertiary/aromatic N) is 3. The minimum absolute atomic E-state index is 0.134. The standard InChI is InChI=1S/C18H21N3O4/c1-24-13-5-7-14(8-6-13)25-12-16-19-11-15(18(22)23)17(20-16)21-9-3-2-4-10-21/h5-8,11H,2-4,9-10,12H2,1H3,(H,22,23). The summed E-state index contributed by atoms with van der Waals surface area (Å²) in [7, 11) is 1.61. The maximum absolute atomic E-state index is 11.5. The van der Waals surface area contributed by atoms with Crippen molar-refractivity contribution in [1.29, 1.82) is 0 Å². The van der Waals surface area contributed by atoms with Crippen LogP contribution in [0.4, 0.5) is 5.82 Å². The smallest absolute Gasteiger partial charge is 0.341 e. The largest absolute Gasteiger partial charge is 0.497 e. The highest BCUT2D eigenvalue weighted by Gasteiger charge is 2.21. The Balaban J connectivity index is 1.75. The van der Waals surface area contributed by atoms with Gasteiger partial charge in [0.05, 0.1) is 7.11 Å². The predicted octanol–water partition coefficient (Wildman–Crippen LogP) is 2.75. The molecule has 0 bridgehead atoms. The molecule has 0 unspecified atom stereocenters. The van der Waals surface area contributed by atoms with Crippen LogP contribution in [0.15, 0.2) is 30.5 Å². The van der Waals surface area contributed by atoms with Crippen molar-refractivity contribution in [2.75, 3.05) is 25.1 Å². The summed E-state index contributed by atoms with van der Waals surface area (Å²) >= 11 is 0. The zero-order valence-electron chi connectivity index (χ0n) is 14.1. The number of hydrogen-bond donors (Lipinski definition) is 1. The molecule has 7 heteroatoms. The Kier molecular flexibility index (Phi) is 5.33. The lowest BCUT2D eigenvalue weighted by molar-refractivity contribution is 0.0696. The highest BCUT2D eigenvalue weighted by Crippen LogP contribution is 2.23. The molecule has 0 amide bonds. The zero-order chi connectivity index (χ0) is 17.6. The van der Waals surface area contributed by atoms with E-state index in [1.54, 1.807) is 19.2 Å². The van der Waals surface area contributed by atoms with Gasteiger partial charge in [0.1, 0.15) is 29.5 Å². The van der Waals surface area contributed by atoms with Crippen molar-refractivity contribution in [1.82, 2.24) is 9.97 Å². The Hall–Kier alpha value is -2.83. The summed E-state index contributed by atoms with van der Waals surface area (Å²) < 4.78 is 10.8. The number of carboxylic acids is 1. The van der Waals surface area contributed by atoms with E-state index >= 15 is 0 Å². The van der Waals surface area contributed by atoms with Crippen molar-refractivity contribution in [3.63, 3.8) is 0 Å². The van der Waals surface area contributed by atoms with E-state index in [4.69, 9.17) is 9.47 Å². The fourth-order valence-corrected chi connectivity index (χ4v) is 2.80. The summed E-state index contributed by atoms with van der Waals surface area (Å²) in [4.78, 5) is 22.1. The number of ether oxygens (including phenoxy) is 2. The number of hydrogen-bond acceptors (Lipinski definition) is 6. The number of anilines is 1. The van der Waals surface area contributed by atoms with Crippen molar-refractivity contribution in [2.45, 2.75) is 25.9 Å². The predicted molar refractivity (Wildman–Crippen MR) is 92.4 cm³/mol. The Morgan fingerprint density at radius 2 is 1.84 bits per heavy atom. The number of piperidine rings is 1. The van der Waals surface area contributed by atoms with Crippen LogP contribution in [0.5, 0.6) is 11.5 Å².